The Morgan fingerprint density at radius 1 is 1.33 bits per heavy atom. The zero-order valence-corrected chi connectivity index (χ0v) is 17.3. The number of hydrogen-bond acceptors (Lipinski definition) is 6. The number of carbonyl (C=O) groups excluding carboxylic acids is 2. The first-order valence-electron chi connectivity index (χ1n) is 10.6. The number of nitrogens with one attached hydrogen (secondary N) is 2. The summed E-state index contributed by atoms with van der Waals surface area (Å²) in [6.45, 7) is 4.86. The number of piperazine rings is 1. The molecule has 0 unspecified atom stereocenters. The van der Waals surface area contributed by atoms with Gasteiger partial charge in [-0.15, -0.1) is 0 Å². The van der Waals surface area contributed by atoms with Crippen LogP contribution in [-0.4, -0.2) is 63.9 Å². The third-order valence-corrected chi connectivity index (χ3v) is 5.90. The van der Waals surface area contributed by atoms with Crippen molar-refractivity contribution in [3.63, 3.8) is 0 Å². The SMILES string of the molecule is Cc1nc(-c2cccnc2)ncc1C(=O)N[C@H]1CCC[C@@H](CN2CCNC(=O)C2)C1. The van der Waals surface area contributed by atoms with Crippen LogP contribution in [0.5, 0.6) is 0 Å². The summed E-state index contributed by atoms with van der Waals surface area (Å²) in [7, 11) is 0. The molecule has 2 aromatic heterocycles. The van der Waals surface area contributed by atoms with Crippen LogP contribution in [0, 0.1) is 12.8 Å². The second-order valence-electron chi connectivity index (χ2n) is 8.22. The molecular weight excluding hydrogens is 380 g/mol. The van der Waals surface area contributed by atoms with Crippen LogP contribution in [0.3, 0.4) is 0 Å². The molecule has 0 radical (unpaired) electrons. The van der Waals surface area contributed by atoms with E-state index < -0.39 is 0 Å². The van der Waals surface area contributed by atoms with E-state index in [1.165, 1.54) is 0 Å². The maximum absolute atomic E-state index is 12.9. The van der Waals surface area contributed by atoms with Crippen molar-refractivity contribution >= 4 is 11.8 Å². The normalized spacial score (nSPS) is 22.4. The van der Waals surface area contributed by atoms with Crippen LogP contribution in [0.15, 0.2) is 30.7 Å². The average Bonchev–Trinajstić information content (AvgIpc) is 2.74. The van der Waals surface area contributed by atoms with Crippen LogP contribution < -0.4 is 10.6 Å². The summed E-state index contributed by atoms with van der Waals surface area (Å²) in [6.07, 6.45) is 9.18. The van der Waals surface area contributed by atoms with E-state index in [9.17, 15) is 9.59 Å². The third kappa shape index (κ3) is 4.99. The minimum atomic E-state index is -0.117. The number of amides is 2. The molecule has 2 fully saturated rings. The Hall–Kier alpha value is -2.87. The fraction of sp³-hybridized carbons (Fsp3) is 0.500. The molecular formula is C22H28N6O2. The van der Waals surface area contributed by atoms with E-state index in [-0.39, 0.29) is 17.9 Å². The van der Waals surface area contributed by atoms with Crippen molar-refractivity contribution in [2.45, 2.75) is 38.6 Å². The zero-order chi connectivity index (χ0) is 20.9. The molecule has 2 amide bonds. The Bertz CT molecular complexity index is 904. The van der Waals surface area contributed by atoms with Crippen molar-refractivity contribution in [2.24, 2.45) is 5.92 Å². The van der Waals surface area contributed by atoms with Crippen LogP contribution in [0.1, 0.15) is 41.7 Å². The molecule has 1 aliphatic carbocycles. The molecule has 30 heavy (non-hydrogen) atoms. The van der Waals surface area contributed by atoms with Gasteiger partial charge in [-0.2, -0.15) is 0 Å². The van der Waals surface area contributed by atoms with Gasteiger partial charge in [-0.3, -0.25) is 19.5 Å². The molecule has 3 heterocycles. The van der Waals surface area contributed by atoms with Gasteiger partial charge in [0.1, 0.15) is 0 Å². The molecule has 0 bridgehead atoms. The predicted molar refractivity (Wildman–Crippen MR) is 113 cm³/mol. The van der Waals surface area contributed by atoms with Gasteiger partial charge in [0.2, 0.25) is 5.91 Å². The fourth-order valence-electron chi connectivity index (χ4n) is 4.39. The van der Waals surface area contributed by atoms with Gasteiger partial charge in [-0.1, -0.05) is 6.42 Å². The number of rotatable bonds is 5. The fourth-order valence-corrected chi connectivity index (χ4v) is 4.39. The van der Waals surface area contributed by atoms with Crippen molar-refractivity contribution in [1.82, 2.24) is 30.5 Å². The molecule has 4 rings (SSSR count). The van der Waals surface area contributed by atoms with Crippen molar-refractivity contribution in [3.8, 4) is 11.4 Å². The van der Waals surface area contributed by atoms with Gasteiger partial charge >= 0.3 is 0 Å². The lowest BCUT2D eigenvalue weighted by Crippen LogP contribution is -2.50. The van der Waals surface area contributed by atoms with Crippen LogP contribution in [0.2, 0.25) is 0 Å². The molecule has 1 saturated carbocycles. The van der Waals surface area contributed by atoms with E-state index in [4.69, 9.17) is 0 Å². The highest BCUT2D eigenvalue weighted by atomic mass is 16.2. The lowest BCUT2D eigenvalue weighted by Gasteiger charge is -2.35. The summed E-state index contributed by atoms with van der Waals surface area (Å²) >= 11 is 0. The molecule has 2 aliphatic rings. The highest BCUT2D eigenvalue weighted by molar-refractivity contribution is 5.95. The van der Waals surface area contributed by atoms with Crippen molar-refractivity contribution in [2.75, 3.05) is 26.2 Å². The highest BCUT2D eigenvalue weighted by Crippen LogP contribution is 2.26. The summed E-state index contributed by atoms with van der Waals surface area (Å²) < 4.78 is 0. The van der Waals surface area contributed by atoms with Gasteiger partial charge in [0, 0.05) is 49.8 Å². The first-order valence-corrected chi connectivity index (χ1v) is 10.6. The molecule has 2 aromatic rings. The molecule has 8 heteroatoms. The molecule has 158 valence electrons. The van der Waals surface area contributed by atoms with E-state index in [0.717, 1.165) is 50.9 Å². The summed E-state index contributed by atoms with van der Waals surface area (Å²) in [6, 6.07) is 3.88. The zero-order valence-electron chi connectivity index (χ0n) is 17.3. The monoisotopic (exact) mass is 408 g/mol. The number of aryl methyl sites for hydroxylation is 1. The number of aromatic nitrogens is 3. The van der Waals surface area contributed by atoms with Gasteiger partial charge in [0.25, 0.3) is 5.91 Å². The van der Waals surface area contributed by atoms with Crippen molar-refractivity contribution in [1.29, 1.82) is 0 Å². The number of hydrogen-bond donors (Lipinski definition) is 2. The summed E-state index contributed by atoms with van der Waals surface area (Å²) in [5, 5.41) is 6.05. The minimum Gasteiger partial charge on any atom is -0.354 e. The molecule has 0 spiro atoms. The number of nitrogens with zero attached hydrogens (tertiary/aromatic N) is 4. The maximum Gasteiger partial charge on any atom is 0.254 e. The number of pyridine rings is 1. The molecule has 2 N–H and O–H groups in total. The first kappa shape index (κ1) is 20.4. The predicted octanol–water partition coefficient (Wildman–Crippen LogP) is 1.57. The van der Waals surface area contributed by atoms with Crippen LogP contribution in [0.25, 0.3) is 11.4 Å². The van der Waals surface area contributed by atoms with E-state index >= 15 is 0 Å². The smallest absolute Gasteiger partial charge is 0.254 e. The second kappa shape index (κ2) is 9.30. The minimum absolute atomic E-state index is 0.104. The Morgan fingerprint density at radius 2 is 2.23 bits per heavy atom. The molecule has 1 saturated heterocycles. The Balaban J connectivity index is 1.35. The summed E-state index contributed by atoms with van der Waals surface area (Å²) in [5.74, 6) is 1.06. The van der Waals surface area contributed by atoms with E-state index in [1.807, 2.05) is 19.1 Å². The lowest BCUT2D eigenvalue weighted by molar-refractivity contribution is -0.124. The van der Waals surface area contributed by atoms with E-state index in [2.05, 4.69) is 30.5 Å². The quantitative estimate of drug-likeness (QED) is 0.779. The second-order valence-corrected chi connectivity index (χ2v) is 8.22. The average molecular weight is 409 g/mol. The highest BCUT2D eigenvalue weighted by Gasteiger charge is 2.27. The van der Waals surface area contributed by atoms with Gasteiger partial charge in [0.05, 0.1) is 17.8 Å². The Labute approximate surface area is 176 Å². The third-order valence-electron chi connectivity index (χ3n) is 5.90. The van der Waals surface area contributed by atoms with Crippen LogP contribution in [-0.2, 0) is 4.79 Å². The topological polar surface area (TPSA) is 100 Å². The van der Waals surface area contributed by atoms with Gasteiger partial charge < -0.3 is 10.6 Å². The standard InChI is InChI=1S/C22H28N6O2/c1-15-19(12-25-21(26-15)17-5-3-7-23-11-17)22(30)27-18-6-2-4-16(10-18)13-28-9-8-24-20(29)14-28/h3,5,7,11-12,16,18H,2,4,6,8-10,13-14H2,1H3,(H,24,29)(H,27,30)/t16-,18+/m1/s1. The largest absolute Gasteiger partial charge is 0.354 e. The van der Waals surface area contributed by atoms with Crippen LogP contribution in [0.4, 0.5) is 0 Å². The summed E-state index contributed by atoms with van der Waals surface area (Å²) in [5.41, 5.74) is 2.00. The molecule has 0 aromatic carbocycles. The Morgan fingerprint density at radius 3 is 3.00 bits per heavy atom. The summed E-state index contributed by atoms with van der Waals surface area (Å²) in [4.78, 5) is 39.6. The lowest BCUT2D eigenvalue weighted by atomic mass is 9.85. The maximum atomic E-state index is 12.9. The first-order chi connectivity index (χ1) is 14.6. The van der Waals surface area contributed by atoms with Crippen molar-refractivity contribution < 1.29 is 9.59 Å². The van der Waals surface area contributed by atoms with E-state index in [0.29, 0.717) is 29.5 Å². The van der Waals surface area contributed by atoms with Gasteiger partial charge in [-0.25, -0.2) is 9.97 Å². The van der Waals surface area contributed by atoms with Crippen LogP contribution >= 0.6 is 0 Å². The van der Waals surface area contributed by atoms with Gasteiger partial charge in [0.15, 0.2) is 5.82 Å². The molecule has 8 nitrogen and oxygen atoms in total. The number of carbonyl (C=O) groups is 2. The van der Waals surface area contributed by atoms with Gasteiger partial charge in [-0.05, 0) is 44.2 Å². The molecule has 2 atom stereocenters. The van der Waals surface area contributed by atoms with Crippen molar-refractivity contribution in [3.05, 3.63) is 42.0 Å². The van der Waals surface area contributed by atoms with E-state index in [1.54, 1.807) is 18.6 Å². The molecule has 1 aliphatic heterocycles. The Kier molecular flexibility index (Phi) is 6.32.